The molecule has 0 saturated heterocycles. The molecule has 2 aromatic rings. The second-order valence-electron chi connectivity index (χ2n) is 4.93. The molecule has 0 amide bonds. The van der Waals surface area contributed by atoms with E-state index in [0.717, 1.165) is 5.56 Å². The molecule has 116 valence electrons. The quantitative estimate of drug-likeness (QED) is 0.912. The van der Waals surface area contributed by atoms with Gasteiger partial charge in [-0.2, -0.15) is 10.5 Å². The van der Waals surface area contributed by atoms with Gasteiger partial charge in [0.2, 0.25) is 0 Å². The minimum Gasteiger partial charge on any atom is -0.497 e. The van der Waals surface area contributed by atoms with E-state index in [-0.39, 0.29) is 6.04 Å². The number of nitriles is 2. The molecule has 0 aromatic heterocycles. The topological polar surface area (TPSA) is 78.1 Å². The van der Waals surface area contributed by atoms with Crippen LogP contribution in [0, 0.1) is 22.7 Å². The van der Waals surface area contributed by atoms with Gasteiger partial charge in [0.25, 0.3) is 0 Å². The van der Waals surface area contributed by atoms with E-state index in [1.54, 1.807) is 38.5 Å². The molecule has 1 unspecified atom stereocenters. The summed E-state index contributed by atoms with van der Waals surface area (Å²) in [6.45, 7) is 1.94. The SMILES string of the molecule is COc1ccc(C(C)Nc2c(C#N)cccc2C#N)c(OC)c1. The molecular weight excluding hydrogens is 290 g/mol. The van der Waals surface area contributed by atoms with Gasteiger partial charge in [-0.15, -0.1) is 0 Å². The Kier molecular flexibility index (Phi) is 5.07. The largest absolute Gasteiger partial charge is 0.497 e. The number of benzene rings is 2. The van der Waals surface area contributed by atoms with Crippen LogP contribution in [-0.2, 0) is 0 Å². The van der Waals surface area contributed by atoms with Crippen LogP contribution in [0.1, 0.15) is 29.7 Å². The maximum absolute atomic E-state index is 9.25. The summed E-state index contributed by atoms with van der Waals surface area (Å²) in [6.07, 6.45) is 0. The van der Waals surface area contributed by atoms with Crippen LogP contribution in [0.5, 0.6) is 11.5 Å². The molecular formula is C18H17N3O2. The predicted molar refractivity (Wildman–Crippen MR) is 87.5 cm³/mol. The van der Waals surface area contributed by atoms with Gasteiger partial charge < -0.3 is 14.8 Å². The third-order valence-electron chi connectivity index (χ3n) is 3.57. The van der Waals surface area contributed by atoms with Gasteiger partial charge in [-0.1, -0.05) is 6.07 Å². The number of para-hydroxylation sites is 1. The van der Waals surface area contributed by atoms with E-state index in [2.05, 4.69) is 17.5 Å². The van der Waals surface area contributed by atoms with Gasteiger partial charge in [0, 0.05) is 11.6 Å². The predicted octanol–water partition coefficient (Wildman–Crippen LogP) is 3.62. The maximum Gasteiger partial charge on any atom is 0.127 e. The van der Waals surface area contributed by atoms with E-state index in [0.29, 0.717) is 28.3 Å². The third-order valence-corrected chi connectivity index (χ3v) is 3.57. The molecule has 0 aliphatic heterocycles. The number of anilines is 1. The lowest BCUT2D eigenvalue weighted by Crippen LogP contribution is -2.10. The Hall–Kier alpha value is -3.18. The van der Waals surface area contributed by atoms with Gasteiger partial charge in [0.1, 0.15) is 23.6 Å². The summed E-state index contributed by atoms with van der Waals surface area (Å²) in [5, 5.41) is 21.7. The van der Waals surface area contributed by atoms with E-state index in [4.69, 9.17) is 9.47 Å². The number of nitrogens with zero attached hydrogens (tertiary/aromatic N) is 2. The number of rotatable bonds is 5. The molecule has 0 saturated carbocycles. The Labute approximate surface area is 135 Å². The summed E-state index contributed by atoms with van der Waals surface area (Å²) >= 11 is 0. The zero-order valence-electron chi connectivity index (χ0n) is 13.3. The fourth-order valence-electron chi connectivity index (χ4n) is 2.36. The van der Waals surface area contributed by atoms with Crippen molar-refractivity contribution in [1.82, 2.24) is 0 Å². The van der Waals surface area contributed by atoms with Crippen LogP contribution in [-0.4, -0.2) is 14.2 Å². The van der Waals surface area contributed by atoms with Crippen molar-refractivity contribution >= 4 is 5.69 Å². The standard InChI is InChI=1S/C18H17N3O2/c1-12(16-8-7-15(22-2)9-17(16)23-3)21-18-13(10-19)5-4-6-14(18)11-20/h4-9,12,21H,1-3H3. The smallest absolute Gasteiger partial charge is 0.127 e. The van der Waals surface area contributed by atoms with E-state index in [1.165, 1.54) is 0 Å². The number of methoxy groups -OCH3 is 2. The van der Waals surface area contributed by atoms with Crippen LogP contribution >= 0.6 is 0 Å². The first-order chi connectivity index (χ1) is 11.1. The van der Waals surface area contributed by atoms with Crippen LogP contribution < -0.4 is 14.8 Å². The molecule has 5 nitrogen and oxygen atoms in total. The molecule has 1 atom stereocenters. The number of hydrogen-bond acceptors (Lipinski definition) is 5. The van der Waals surface area contributed by atoms with Crippen LogP contribution in [0.15, 0.2) is 36.4 Å². The van der Waals surface area contributed by atoms with Crippen molar-refractivity contribution in [2.24, 2.45) is 0 Å². The molecule has 0 aliphatic rings. The first kappa shape index (κ1) is 16.2. The van der Waals surface area contributed by atoms with Crippen molar-refractivity contribution in [3.63, 3.8) is 0 Å². The van der Waals surface area contributed by atoms with Crippen LogP contribution in [0.25, 0.3) is 0 Å². The minimum atomic E-state index is -0.155. The molecule has 0 spiro atoms. The zero-order chi connectivity index (χ0) is 16.8. The van der Waals surface area contributed by atoms with Crippen LogP contribution in [0.4, 0.5) is 5.69 Å². The van der Waals surface area contributed by atoms with Crippen molar-refractivity contribution in [2.45, 2.75) is 13.0 Å². The van der Waals surface area contributed by atoms with Crippen LogP contribution in [0.2, 0.25) is 0 Å². The number of ether oxygens (including phenoxy) is 2. The molecule has 0 fully saturated rings. The summed E-state index contributed by atoms with van der Waals surface area (Å²) < 4.78 is 10.6. The zero-order valence-corrected chi connectivity index (χ0v) is 13.3. The molecule has 2 rings (SSSR count). The van der Waals surface area contributed by atoms with Crippen molar-refractivity contribution in [3.05, 3.63) is 53.1 Å². The fraction of sp³-hybridized carbons (Fsp3) is 0.222. The fourth-order valence-corrected chi connectivity index (χ4v) is 2.36. The van der Waals surface area contributed by atoms with E-state index in [9.17, 15) is 10.5 Å². The lowest BCUT2D eigenvalue weighted by molar-refractivity contribution is 0.390. The first-order valence-corrected chi connectivity index (χ1v) is 7.06. The number of hydrogen-bond donors (Lipinski definition) is 1. The second kappa shape index (κ2) is 7.20. The Morgan fingerprint density at radius 1 is 1.00 bits per heavy atom. The average molecular weight is 307 g/mol. The highest BCUT2D eigenvalue weighted by Gasteiger charge is 2.16. The summed E-state index contributed by atoms with van der Waals surface area (Å²) in [6, 6.07) is 14.7. The van der Waals surface area contributed by atoms with Gasteiger partial charge in [0.05, 0.1) is 37.1 Å². The molecule has 2 aromatic carbocycles. The van der Waals surface area contributed by atoms with Crippen molar-refractivity contribution in [3.8, 4) is 23.6 Å². The highest BCUT2D eigenvalue weighted by atomic mass is 16.5. The van der Waals surface area contributed by atoms with Crippen molar-refractivity contribution in [1.29, 1.82) is 10.5 Å². The molecule has 0 bridgehead atoms. The average Bonchev–Trinajstić information content (AvgIpc) is 2.61. The van der Waals surface area contributed by atoms with E-state index >= 15 is 0 Å². The highest BCUT2D eigenvalue weighted by molar-refractivity contribution is 5.67. The van der Waals surface area contributed by atoms with Crippen molar-refractivity contribution in [2.75, 3.05) is 19.5 Å². The highest BCUT2D eigenvalue weighted by Crippen LogP contribution is 2.32. The minimum absolute atomic E-state index is 0.155. The van der Waals surface area contributed by atoms with Crippen LogP contribution in [0.3, 0.4) is 0 Å². The molecule has 5 heteroatoms. The van der Waals surface area contributed by atoms with Gasteiger partial charge in [-0.05, 0) is 31.2 Å². The van der Waals surface area contributed by atoms with E-state index < -0.39 is 0 Å². The summed E-state index contributed by atoms with van der Waals surface area (Å²) in [5.74, 6) is 1.38. The van der Waals surface area contributed by atoms with E-state index in [1.807, 2.05) is 19.1 Å². The molecule has 0 radical (unpaired) electrons. The van der Waals surface area contributed by atoms with Crippen molar-refractivity contribution < 1.29 is 9.47 Å². The summed E-state index contributed by atoms with van der Waals surface area (Å²) in [4.78, 5) is 0. The summed E-state index contributed by atoms with van der Waals surface area (Å²) in [7, 11) is 3.19. The Morgan fingerprint density at radius 2 is 1.65 bits per heavy atom. The Morgan fingerprint density at radius 3 is 2.17 bits per heavy atom. The Bertz CT molecular complexity index is 756. The normalized spacial score (nSPS) is 11.0. The molecule has 0 aliphatic carbocycles. The monoisotopic (exact) mass is 307 g/mol. The second-order valence-corrected chi connectivity index (χ2v) is 4.93. The maximum atomic E-state index is 9.25. The summed E-state index contributed by atoms with van der Waals surface area (Å²) in [5.41, 5.74) is 2.31. The molecule has 1 N–H and O–H groups in total. The van der Waals surface area contributed by atoms with Gasteiger partial charge >= 0.3 is 0 Å². The Balaban J connectivity index is 2.39. The van der Waals surface area contributed by atoms with Gasteiger partial charge in [0.15, 0.2) is 0 Å². The lowest BCUT2D eigenvalue weighted by Gasteiger charge is -2.20. The first-order valence-electron chi connectivity index (χ1n) is 7.06. The van der Waals surface area contributed by atoms with Gasteiger partial charge in [-0.25, -0.2) is 0 Å². The number of nitrogens with one attached hydrogen (secondary N) is 1. The third kappa shape index (κ3) is 3.36. The lowest BCUT2D eigenvalue weighted by atomic mass is 10.0. The molecule has 23 heavy (non-hydrogen) atoms. The molecule has 0 heterocycles. The van der Waals surface area contributed by atoms with Gasteiger partial charge in [-0.3, -0.25) is 0 Å².